The zero-order valence-corrected chi connectivity index (χ0v) is 26.3. The zero-order chi connectivity index (χ0) is 33.1. The molecule has 238 valence electrons. The lowest BCUT2D eigenvalue weighted by Crippen LogP contribution is -2.31. The van der Waals surface area contributed by atoms with E-state index in [-0.39, 0.29) is 33.1 Å². The number of rotatable bonds is 10. The molecule has 2 aromatic carbocycles. The molecule has 0 fully saturated rings. The van der Waals surface area contributed by atoms with Crippen LogP contribution in [0.25, 0.3) is 0 Å². The third kappa shape index (κ3) is 5.86. The number of carbonyl (C=O) groups is 2. The highest BCUT2D eigenvalue weighted by Gasteiger charge is 2.43. The number of ketones is 1. The summed E-state index contributed by atoms with van der Waals surface area (Å²) in [4.78, 5) is 28.3. The average molecular weight is 657 g/mol. The van der Waals surface area contributed by atoms with Crippen molar-refractivity contribution in [2.45, 2.75) is 73.5 Å². The third-order valence-electron chi connectivity index (χ3n) is 8.71. The fourth-order valence-electron chi connectivity index (χ4n) is 5.96. The Kier molecular flexibility index (Phi) is 7.93. The van der Waals surface area contributed by atoms with E-state index in [0.29, 0.717) is 59.6 Å². The summed E-state index contributed by atoms with van der Waals surface area (Å²) in [6.07, 6.45) is 4.98. The van der Waals surface area contributed by atoms with Gasteiger partial charge in [0.2, 0.25) is 5.78 Å². The topological polar surface area (TPSA) is 208 Å². The molecule has 0 amide bonds. The van der Waals surface area contributed by atoms with E-state index in [1.165, 1.54) is 48.6 Å². The monoisotopic (exact) mass is 656 g/mol. The number of carboxylic acid groups (broad SMARTS) is 1. The van der Waals surface area contributed by atoms with E-state index >= 15 is 0 Å². The average Bonchev–Trinajstić information content (AvgIpc) is 3.37. The predicted octanol–water partition coefficient (Wildman–Crippen LogP) is 5.17. The number of aliphatic hydroxyl groups is 1. The van der Waals surface area contributed by atoms with Gasteiger partial charge < -0.3 is 15.5 Å². The van der Waals surface area contributed by atoms with Crippen molar-refractivity contribution < 1.29 is 45.7 Å². The van der Waals surface area contributed by atoms with Crippen LogP contribution in [0.4, 0.5) is 11.4 Å². The number of aliphatic imine (C=N–C) groups is 1. The van der Waals surface area contributed by atoms with E-state index in [4.69, 9.17) is 5.11 Å². The molecule has 14 heteroatoms. The van der Waals surface area contributed by atoms with Crippen molar-refractivity contribution in [1.29, 1.82) is 0 Å². The summed E-state index contributed by atoms with van der Waals surface area (Å²) in [5, 5.41) is 23.1. The molecule has 0 saturated heterocycles. The number of Topliss-reactive ketones (excluding diaryl/α,β-unsaturated/α-hetero) is 1. The highest BCUT2D eigenvalue weighted by Crippen LogP contribution is 2.48. The van der Waals surface area contributed by atoms with Crippen molar-refractivity contribution >= 4 is 49.1 Å². The van der Waals surface area contributed by atoms with Crippen LogP contribution in [0, 0.1) is 0 Å². The molecule has 0 spiro atoms. The summed E-state index contributed by atoms with van der Waals surface area (Å²) in [5.74, 6) is -1.65. The van der Waals surface area contributed by atoms with Gasteiger partial charge in [0.25, 0.3) is 20.2 Å². The maximum atomic E-state index is 13.4. The Balaban J connectivity index is 1.47. The largest absolute Gasteiger partial charge is 0.506 e. The molecule has 0 saturated carbocycles. The Morgan fingerprint density at radius 2 is 1.53 bits per heavy atom. The SMILES string of the molecule is CC1(CCCCCC(=O)O)C(/C=C2/C(=O)C(/C=C3/Nc4ccc(S(=O)(=O)O)cc4C3(C)C)=C2O)=Nc2ccc(S(=O)(=O)O)cc21. The van der Waals surface area contributed by atoms with E-state index in [9.17, 15) is 40.6 Å². The lowest BCUT2D eigenvalue weighted by molar-refractivity contribution is -0.137. The van der Waals surface area contributed by atoms with Gasteiger partial charge in [-0.1, -0.05) is 26.7 Å². The van der Waals surface area contributed by atoms with Gasteiger partial charge in [-0.15, -0.1) is 0 Å². The standard InChI is InChI=1S/C31H32N2O10S2/c1-30(2)21-13-17(44(38,39)40)8-10-23(21)32-25(30)15-19-28(36)20(29(19)37)16-26-31(3,12-6-4-5-7-27(34)35)22-14-18(45(41,42)43)9-11-24(22)33-26/h8-11,13-16,32,36H,4-7,12H2,1-3H3,(H,34,35)(H,38,39,40)(H,41,42,43)/b20-16+,25-15+. The number of carboxylic acids is 1. The fourth-order valence-corrected chi connectivity index (χ4v) is 6.97. The summed E-state index contributed by atoms with van der Waals surface area (Å²) < 4.78 is 66.2. The maximum Gasteiger partial charge on any atom is 0.303 e. The quantitative estimate of drug-likeness (QED) is 0.128. The Morgan fingerprint density at radius 1 is 0.911 bits per heavy atom. The van der Waals surface area contributed by atoms with Crippen LogP contribution in [0.2, 0.25) is 0 Å². The van der Waals surface area contributed by atoms with E-state index in [2.05, 4.69) is 10.3 Å². The number of aliphatic carboxylic acids is 1. The van der Waals surface area contributed by atoms with Gasteiger partial charge >= 0.3 is 5.97 Å². The van der Waals surface area contributed by atoms with Crippen molar-refractivity contribution in [2.75, 3.05) is 5.32 Å². The molecule has 1 atom stereocenters. The first-order valence-electron chi connectivity index (χ1n) is 14.1. The van der Waals surface area contributed by atoms with Gasteiger partial charge in [-0.05, 0) is 79.4 Å². The number of nitrogens with zero attached hydrogens (tertiary/aromatic N) is 1. The summed E-state index contributed by atoms with van der Waals surface area (Å²) in [5.41, 5.74) is 1.35. The Labute approximate surface area is 260 Å². The number of allylic oxidation sites excluding steroid dienone is 5. The number of carbonyl (C=O) groups excluding carboxylic acids is 1. The molecule has 5 N–H and O–H groups in total. The zero-order valence-electron chi connectivity index (χ0n) is 24.7. The lowest BCUT2D eigenvalue weighted by atomic mass is 9.73. The summed E-state index contributed by atoms with van der Waals surface area (Å²) >= 11 is 0. The number of benzene rings is 2. The van der Waals surface area contributed by atoms with Crippen LogP contribution in [0.15, 0.2) is 85.9 Å². The lowest BCUT2D eigenvalue weighted by Gasteiger charge is -2.28. The molecule has 0 radical (unpaired) electrons. The minimum Gasteiger partial charge on any atom is -0.506 e. The molecule has 0 aromatic heterocycles. The third-order valence-corrected chi connectivity index (χ3v) is 10.4. The van der Waals surface area contributed by atoms with Gasteiger partial charge in [0.05, 0.1) is 32.3 Å². The van der Waals surface area contributed by atoms with Crippen LogP contribution in [0.5, 0.6) is 0 Å². The first-order chi connectivity index (χ1) is 20.8. The second-order valence-corrected chi connectivity index (χ2v) is 14.9. The molecule has 1 unspecified atom stereocenters. The van der Waals surface area contributed by atoms with Gasteiger partial charge in [-0.2, -0.15) is 16.8 Å². The van der Waals surface area contributed by atoms with Gasteiger partial charge in [-0.25, -0.2) is 0 Å². The molecule has 1 aliphatic carbocycles. The molecule has 5 rings (SSSR count). The van der Waals surface area contributed by atoms with Crippen molar-refractivity contribution in [3.8, 4) is 0 Å². The molecule has 3 aliphatic rings. The van der Waals surface area contributed by atoms with Crippen molar-refractivity contribution in [2.24, 2.45) is 4.99 Å². The first-order valence-corrected chi connectivity index (χ1v) is 17.0. The van der Waals surface area contributed by atoms with Crippen LogP contribution in [-0.4, -0.2) is 53.6 Å². The van der Waals surface area contributed by atoms with Crippen molar-refractivity contribution in [1.82, 2.24) is 0 Å². The number of anilines is 1. The van der Waals surface area contributed by atoms with E-state index in [1.54, 1.807) is 13.8 Å². The van der Waals surface area contributed by atoms with Crippen molar-refractivity contribution in [3.63, 3.8) is 0 Å². The molecule has 45 heavy (non-hydrogen) atoms. The minimum absolute atomic E-state index is 0.00230. The summed E-state index contributed by atoms with van der Waals surface area (Å²) in [7, 11) is -8.94. The number of hydrogen-bond acceptors (Lipinski definition) is 9. The second-order valence-electron chi connectivity index (χ2n) is 12.1. The fraction of sp³-hybridized carbons (Fsp3) is 0.323. The Morgan fingerprint density at radius 3 is 2.13 bits per heavy atom. The van der Waals surface area contributed by atoms with E-state index < -0.39 is 42.8 Å². The smallest absolute Gasteiger partial charge is 0.303 e. The summed E-state index contributed by atoms with van der Waals surface area (Å²) in [6.45, 7) is 5.42. The van der Waals surface area contributed by atoms with E-state index in [1.807, 2.05) is 6.92 Å². The molecule has 2 aromatic rings. The van der Waals surface area contributed by atoms with Gasteiger partial charge in [0.15, 0.2) is 0 Å². The van der Waals surface area contributed by atoms with Gasteiger partial charge in [0, 0.05) is 28.6 Å². The number of unbranched alkanes of at least 4 members (excludes halogenated alkanes) is 2. The van der Waals surface area contributed by atoms with Crippen molar-refractivity contribution in [3.05, 3.63) is 82.3 Å². The number of hydrogen-bond donors (Lipinski definition) is 5. The first kappa shape index (κ1) is 32.3. The van der Waals surface area contributed by atoms with Crippen LogP contribution in [-0.2, 0) is 40.7 Å². The van der Waals surface area contributed by atoms with E-state index in [0.717, 1.165) is 0 Å². The van der Waals surface area contributed by atoms with Gasteiger partial charge in [-0.3, -0.25) is 23.7 Å². The van der Waals surface area contributed by atoms with Gasteiger partial charge in [0.1, 0.15) is 5.76 Å². The van der Waals surface area contributed by atoms with Crippen LogP contribution >= 0.6 is 0 Å². The second kappa shape index (κ2) is 11.1. The van der Waals surface area contributed by atoms with Crippen LogP contribution in [0.3, 0.4) is 0 Å². The molecule has 2 aliphatic heterocycles. The molecule has 0 bridgehead atoms. The minimum atomic E-state index is -4.51. The summed E-state index contributed by atoms with van der Waals surface area (Å²) in [6, 6.07) is 8.14. The predicted molar refractivity (Wildman–Crippen MR) is 165 cm³/mol. The Bertz CT molecular complexity index is 2000. The molecular formula is C31H32N2O10S2. The normalized spacial score (nSPS) is 22.2. The number of nitrogens with one attached hydrogen (secondary N) is 1. The Hall–Kier alpha value is -4.11. The number of aliphatic hydroxyl groups excluding tert-OH is 1. The molecule has 2 heterocycles. The number of fused-ring (bicyclic) bond motifs is 2. The molecular weight excluding hydrogens is 624 g/mol. The van der Waals surface area contributed by atoms with Crippen LogP contribution < -0.4 is 5.32 Å². The highest BCUT2D eigenvalue weighted by molar-refractivity contribution is 7.86. The van der Waals surface area contributed by atoms with Crippen LogP contribution in [0.1, 0.15) is 64.0 Å². The maximum absolute atomic E-state index is 13.4. The molecule has 12 nitrogen and oxygen atoms in total. The highest BCUT2D eigenvalue weighted by atomic mass is 32.2.